The maximum Gasteiger partial charge on any atom is 0.471 e. The monoisotopic (exact) mass is 315 g/mol. The second-order valence-electron chi connectivity index (χ2n) is 5.13. The molecule has 1 N–H and O–H groups in total. The molecule has 1 amide bonds. The SMILES string of the molecule is Cc1cc(C(=O)N2CCC(c3noc(C(F)(F)F)n3)C2)n[nH]1. The maximum absolute atomic E-state index is 12.4. The summed E-state index contributed by atoms with van der Waals surface area (Å²) in [5.74, 6) is -2.04. The summed E-state index contributed by atoms with van der Waals surface area (Å²) in [4.78, 5) is 17.1. The van der Waals surface area contributed by atoms with Crippen molar-refractivity contribution < 1.29 is 22.5 Å². The van der Waals surface area contributed by atoms with Gasteiger partial charge in [0.1, 0.15) is 5.69 Å². The molecular formula is C12H12F3N5O2. The molecule has 2 aromatic heterocycles. The lowest BCUT2D eigenvalue weighted by atomic mass is 10.1. The zero-order valence-corrected chi connectivity index (χ0v) is 11.5. The normalized spacial score (nSPS) is 18.9. The number of halogens is 3. The highest BCUT2D eigenvalue weighted by molar-refractivity contribution is 5.92. The fourth-order valence-electron chi connectivity index (χ4n) is 2.36. The van der Waals surface area contributed by atoms with E-state index in [1.807, 2.05) is 0 Å². The van der Waals surface area contributed by atoms with Crippen LogP contribution in [0.2, 0.25) is 0 Å². The van der Waals surface area contributed by atoms with E-state index in [4.69, 9.17) is 0 Å². The van der Waals surface area contributed by atoms with Crippen LogP contribution in [-0.2, 0) is 6.18 Å². The van der Waals surface area contributed by atoms with E-state index in [0.717, 1.165) is 5.69 Å². The zero-order valence-electron chi connectivity index (χ0n) is 11.5. The van der Waals surface area contributed by atoms with Crippen molar-refractivity contribution >= 4 is 5.91 Å². The van der Waals surface area contributed by atoms with Gasteiger partial charge in [-0.05, 0) is 19.4 Å². The Labute approximate surface area is 122 Å². The van der Waals surface area contributed by atoms with Gasteiger partial charge in [0.25, 0.3) is 5.91 Å². The van der Waals surface area contributed by atoms with Gasteiger partial charge in [-0.3, -0.25) is 9.89 Å². The van der Waals surface area contributed by atoms with Gasteiger partial charge in [0.15, 0.2) is 5.82 Å². The molecule has 1 saturated heterocycles. The first kappa shape index (κ1) is 14.5. The topological polar surface area (TPSA) is 87.9 Å². The molecule has 1 atom stereocenters. The van der Waals surface area contributed by atoms with E-state index in [0.29, 0.717) is 13.0 Å². The third kappa shape index (κ3) is 2.68. The van der Waals surface area contributed by atoms with Gasteiger partial charge >= 0.3 is 12.1 Å². The highest BCUT2D eigenvalue weighted by atomic mass is 19.4. The molecule has 3 rings (SSSR count). The van der Waals surface area contributed by atoms with Crippen molar-refractivity contribution in [3.05, 3.63) is 29.2 Å². The lowest BCUT2D eigenvalue weighted by Gasteiger charge is -2.13. The van der Waals surface area contributed by atoms with Crippen LogP contribution in [0.5, 0.6) is 0 Å². The molecular weight excluding hydrogens is 303 g/mol. The van der Waals surface area contributed by atoms with Gasteiger partial charge in [-0.1, -0.05) is 5.16 Å². The predicted molar refractivity (Wildman–Crippen MR) is 65.9 cm³/mol. The third-order valence-electron chi connectivity index (χ3n) is 3.45. The number of amides is 1. The van der Waals surface area contributed by atoms with Crippen molar-refractivity contribution in [2.24, 2.45) is 0 Å². The van der Waals surface area contributed by atoms with Crippen molar-refractivity contribution in [2.45, 2.75) is 25.4 Å². The van der Waals surface area contributed by atoms with E-state index < -0.39 is 12.1 Å². The number of hydrogen-bond donors (Lipinski definition) is 1. The number of rotatable bonds is 2. The van der Waals surface area contributed by atoms with Gasteiger partial charge in [-0.15, -0.1) is 0 Å². The number of nitrogens with zero attached hydrogens (tertiary/aromatic N) is 4. The summed E-state index contributed by atoms with van der Waals surface area (Å²) in [6, 6.07) is 1.62. The van der Waals surface area contributed by atoms with Gasteiger partial charge in [-0.2, -0.15) is 23.3 Å². The van der Waals surface area contributed by atoms with Gasteiger partial charge < -0.3 is 9.42 Å². The molecule has 0 aromatic carbocycles. The van der Waals surface area contributed by atoms with Crippen molar-refractivity contribution in [2.75, 3.05) is 13.1 Å². The van der Waals surface area contributed by atoms with Crippen LogP contribution >= 0.6 is 0 Å². The molecule has 0 radical (unpaired) electrons. The van der Waals surface area contributed by atoms with Crippen molar-refractivity contribution in [3.8, 4) is 0 Å². The average molecular weight is 315 g/mol. The van der Waals surface area contributed by atoms with Crippen LogP contribution < -0.4 is 0 Å². The number of carbonyl (C=O) groups is 1. The molecule has 0 saturated carbocycles. The van der Waals surface area contributed by atoms with Crippen LogP contribution in [0.3, 0.4) is 0 Å². The first-order valence-electron chi connectivity index (χ1n) is 6.56. The highest BCUT2D eigenvalue weighted by Gasteiger charge is 2.40. The molecule has 22 heavy (non-hydrogen) atoms. The number of nitrogens with one attached hydrogen (secondary N) is 1. The Kier molecular flexibility index (Phi) is 3.38. The van der Waals surface area contributed by atoms with E-state index in [-0.39, 0.29) is 29.9 Å². The number of H-pyrrole nitrogens is 1. The Balaban J connectivity index is 1.70. The minimum atomic E-state index is -4.66. The summed E-state index contributed by atoms with van der Waals surface area (Å²) < 4.78 is 41.6. The molecule has 0 bridgehead atoms. The molecule has 3 heterocycles. The van der Waals surface area contributed by atoms with Gasteiger partial charge in [0.2, 0.25) is 0 Å². The van der Waals surface area contributed by atoms with Crippen molar-refractivity contribution in [1.29, 1.82) is 0 Å². The minimum absolute atomic E-state index is 0.0270. The standard InChI is InChI=1S/C12H12F3N5O2/c1-6-4-8(18-17-6)10(21)20-3-2-7(5-20)9-16-11(22-19-9)12(13,14)15/h4,7H,2-3,5H2,1H3,(H,17,18). The van der Waals surface area contributed by atoms with Crippen LogP contribution in [0.4, 0.5) is 13.2 Å². The fourth-order valence-corrected chi connectivity index (χ4v) is 2.36. The van der Waals surface area contributed by atoms with Gasteiger partial charge in [0.05, 0.1) is 0 Å². The average Bonchev–Trinajstić information content (AvgIpc) is 3.16. The first-order valence-corrected chi connectivity index (χ1v) is 6.56. The summed E-state index contributed by atoms with van der Waals surface area (Å²) in [6.45, 7) is 2.42. The summed E-state index contributed by atoms with van der Waals surface area (Å²) in [5, 5.41) is 9.92. The number of aromatic amines is 1. The predicted octanol–water partition coefficient (Wildman–Crippen LogP) is 1.75. The maximum atomic E-state index is 12.4. The van der Waals surface area contributed by atoms with E-state index in [1.54, 1.807) is 13.0 Å². The van der Waals surface area contributed by atoms with E-state index >= 15 is 0 Å². The molecule has 1 fully saturated rings. The Morgan fingerprint density at radius 1 is 1.50 bits per heavy atom. The number of aromatic nitrogens is 4. The third-order valence-corrected chi connectivity index (χ3v) is 3.45. The molecule has 118 valence electrons. The summed E-state index contributed by atoms with van der Waals surface area (Å²) in [5.41, 5.74) is 1.04. The largest absolute Gasteiger partial charge is 0.471 e. The molecule has 1 aliphatic rings. The number of likely N-dealkylation sites (tertiary alicyclic amines) is 1. The molecule has 0 spiro atoms. The molecule has 1 unspecified atom stereocenters. The van der Waals surface area contributed by atoms with E-state index in [1.165, 1.54) is 4.90 Å². The molecule has 2 aromatic rings. The van der Waals surface area contributed by atoms with Crippen LogP contribution in [-0.4, -0.2) is 44.2 Å². The second-order valence-corrected chi connectivity index (χ2v) is 5.13. The molecule has 10 heteroatoms. The number of carbonyl (C=O) groups excluding carboxylic acids is 1. The van der Waals surface area contributed by atoms with Crippen LogP contribution in [0.25, 0.3) is 0 Å². The molecule has 0 aliphatic carbocycles. The van der Waals surface area contributed by atoms with Gasteiger partial charge in [0, 0.05) is 24.7 Å². The van der Waals surface area contributed by atoms with Crippen LogP contribution in [0, 0.1) is 6.92 Å². The van der Waals surface area contributed by atoms with E-state index in [2.05, 4.69) is 24.9 Å². The highest BCUT2D eigenvalue weighted by Crippen LogP contribution is 2.31. The zero-order chi connectivity index (χ0) is 15.9. The Morgan fingerprint density at radius 3 is 2.86 bits per heavy atom. The van der Waals surface area contributed by atoms with Crippen molar-refractivity contribution in [3.63, 3.8) is 0 Å². The smallest absolute Gasteiger partial charge is 0.336 e. The number of aryl methyl sites for hydroxylation is 1. The van der Waals surface area contributed by atoms with Gasteiger partial charge in [-0.25, -0.2) is 0 Å². The first-order chi connectivity index (χ1) is 10.3. The van der Waals surface area contributed by atoms with E-state index in [9.17, 15) is 18.0 Å². The lowest BCUT2D eigenvalue weighted by Crippen LogP contribution is -2.28. The van der Waals surface area contributed by atoms with Crippen LogP contribution in [0.1, 0.15) is 40.2 Å². The van der Waals surface area contributed by atoms with Crippen LogP contribution in [0.15, 0.2) is 10.6 Å². The fraction of sp³-hybridized carbons (Fsp3) is 0.500. The molecule has 1 aliphatic heterocycles. The molecule has 7 nitrogen and oxygen atoms in total. The Hall–Kier alpha value is -2.39. The Morgan fingerprint density at radius 2 is 2.27 bits per heavy atom. The quantitative estimate of drug-likeness (QED) is 0.912. The van der Waals surface area contributed by atoms with Crippen molar-refractivity contribution in [1.82, 2.24) is 25.2 Å². The summed E-state index contributed by atoms with van der Waals surface area (Å²) in [6.07, 6.45) is -4.18. The lowest BCUT2D eigenvalue weighted by molar-refractivity contribution is -0.159. The number of alkyl halides is 3. The minimum Gasteiger partial charge on any atom is -0.336 e. The summed E-state index contributed by atoms with van der Waals surface area (Å²) >= 11 is 0. The summed E-state index contributed by atoms with van der Waals surface area (Å²) in [7, 11) is 0. The number of hydrogen-bond acceptors (Lipinski definition) is 5. The Bertz CT molecular complexity index is 693. The second kappa shape index (κ2) is 5.11.